The van der Waals surface area contributed by atoms with Crippen molar-refractivity contribution in [3.05, 3.63) is 29.8 Å². The Bertz CT molecular complexity index is 607. The summed E-state index contributed by atoms with van der Waals surface area (Å²) in [6.07, 6.45) is 4.53. The summed E-state index contributed by atoms with van der Waals surface area (Å²) >= 11 is 0. The molecule has 1 unspecified atom stereocenters. The number of para-hydroxylation sites is 1. The number of benzene rings is 1. The lowest BCUT2D eigenvalue weighted by atomic mass is 9.82. The first-order chi connectivity index (χ1) is 11.0. The molecule has 0 radical (unpaired) electrons. The number of anilines is 1. The largest absolute Gasteiger partial charge is 0.481 e. The Balaban J connectivity index is 1.77. The molecule has 1 heterocycles. The van der Waals surface area contributed by atoms with E-state index in [-0.39, 0.29) is 24.7 Å². The van der Waals surface area contributed by atoms with Gasteiger partial charge in [-0.2, -0.15) is 0 Å². The molecule has 1 saturated carbocycles. The molecule has 1 aromatic rings. The van der Waals surface area contributed by atoms with E-state index in [1.165, 1.54) is 0 Å². The fraction of sp³-hybridized carbons (Fsp3) is 0.556. The topological polar surface area (TPSA) is 77.8 Å². The van der Waals surface area contributed by atoms with Gasteiger partial charge in [0.05, 0.1) is 18.4 Å². The van der Waals surface area contributed by atoms with Gasteiger partial charge in [0.2, 0.25) is 5.91 Å². The quantitative estimate of drug-likeness (QED) is 0.895. The second kappa shape index (κ2) is 6.32. The van der Waals surface area contributed by atoms with Crippen molar-refractivity contribution in [3.8, 4) is 0 Å². The Kier molecular flexibility index (Phi) is 4.39. The zero-order chi connectivity index (χ0) is 16.4. The average Bonchev–Trinajstić information content (AvgIpc) is 2.86. The molecule has 0 aromatic heterocycles. The summed E-state index contributed by atoms with van der Waals surface area (Å²) in [6.45, 7) is 0.389. The molecule has 1 aliphatic carbocycles. The maximum Gasteiger partial charge on any atom is 0.304 e. The lowest BCUT2D eigenvalue weighted by Crippen LogP contribution is -2.40. The third-order valence-corrected chi connectivity index (χ3v) is 5.06. The molecular weight excluding hydrogens is 294 g/mol. The Morgan fingerprint density at radius 2 is 1.87 bits per heavy atom. The summed E-state index contributed by atoms with van der Waals surface area (Å²) < 4.78 is 0. The number of hydrogen-bond acceptors (Lipinski definition) is 3. The van der Waals surface area contributed by atoms with Crippen LogP contribution in [0.25, 0.3) is 0 Å². The zero-order valence-electron chi connectivity index (χ0n) is 13.2. The molecule has 0 saturated heterocycles. The van der Waals surface area contributed by atoms with Crippen LogP contribution in [0, 0.1) is 0 Å². The molecule has 5 heteroatoms. The fourth-order valence-corrected chi connectivity index (χ4v) is 3.88. The van der Waals surface area contributed by atoms with E-state index in [1.807, 2.05) is 24.3 Å². The molecule has 23 heavy (non-hydrogen) atoms. The van der Waals surface area contributed by atoms with Crippen LogP contribution in [-0.2, 0) is 9.59 Å². The fourth-order valence-electron chi connectivity index (χ4n) is 3.88. The van der Waals surface area contributed by atoms with E-state index in [1.54, 1.807) is 4.90 Å². The van der Waals surface area contributed by atoms with Gasteiger partial charge in [0, 0.05) is 18.2 Å². The van der Waals surface area contributed by atoms with E-state index in [0.717, 1.165) is 30.5 Å². The highest BCUT2D eigenvalue weighted by molar-refractivity contribution is 5.96. The van der Waals surface area contributed by atoms with E-state index in [9.17, 15) is 14.7 Å². The van der Waals surface area contributed by atoms with Gasteiger partial charge in [-0.25, -0.2) is 0 Å². The molecule has 1 fully saturated rings. The highest BCUT2D eigenvalue weighted by atomic mass is 16.4. The minimum absolute atomic E-state index is 0.0189. The van der Waals surface area contributed by atoms with Gasteiger partial charge in [-0.1, -0.05) is 37.5 Å². The van der Waals surface area contributed by atoms with Gasteiger partial charge in [-0.3, -0.25) is 9.59 Å². The molecular formula is C18H23NO4. The molecule has 0 bridgehead atoms. The summed E-state index contributed by atoms with van der Waals surface area (Å²) in [7, 11) is 0. The van der Waals surface area contributed by atoms with E-state index in [0.29, 0.717) is 19.4 Å². The molecule has 1 atom stereocenters. The van der Waals surface area contributed by atoms with Crippen LogP contribution in [-0.4, -0.2) is 34.2 Å². The van der Waals surface area contributed by atoms with Crippen molar-refractivity contribution in [1.29, 1.82) is 0 Å². The number of carbonyl (C=O) groups excluding carboxylic acids is 1. The van der Waals surface area contributed by atoms with Gasteiger partial charge in [0.25, 0.3) is 0 Å². The number of hydrogen-bond donors (Lipinski definition) is 2. The molecule has 1 aromatic carbocycles. The van der Waals surface area contributed by atoms with Gasteiger partial charge < -0.3 is 15.1 Å². The van der Waals surface area contributed by atoms with Crippen molar-refractivity contribution in [2.45, 2.75) is 56.5 Å². The highest BCUT2D eigenvalue weighted by Crippen LogP contribution is 2.39. The van der Waals surface area contributed by atoms with Crippen LogP contribution in [0.15, 0.2) is 24.3 Å². The number of carbonyl (C=O) groups is 2. The van der Waals surface area contributed by atoms with Crippen molar-refractivity contribution >= 4 is 17.6 Å². The van der Waals surface area contributed by atoms with Crippen molar-refractivity contribution in [1.82, 2.24) is 0 Å². The second-order valence-electron chi connectivity index (χ2n) is 6.82. The smallest absolute Gasteiger partial charge is 0.304 e. The number of nitrogens with zero attached hydrogens (tertiary/aromatic N) is 1. The Labute approximate surface area is 135 Å². The van der Waals surface area contributed by atoms with Gasteiger partial charge in [0.1, 0.15) is 0 Å². The van der Waals surface area contributed by atoms with Crippen LogP contribution >= 0.6 is 0 Å². The maximum atomic E-state index is 12.7. The van der Waals surface area contributed by atoms with Crippen LogP contribution in [0.1, 0.15) is 56.4 Å². The van der Waals surface area contributed by atoms with Gasteiger partial charge in [-0.15, -0.1) is 0 Å². The van der Waals surface area contributed by atoms with Crippen LogP contribution in [0.5, 0.6) is 0 Å². The van der Waals surface area contributed by atoms with Crippen molar-refractivity contribution in [3.63, 3.8) is 0 Å². The van der Waals surface area contributed by atoms with Crippen molar-refractivity contribution in [2.75, 3.05) is 11.4 Å². The third-order valence-electron chi connectivity index (χ3n) is 5.06. The van der Waals surface area contributed by atoms with E-state index in [2.05, 4.69) is 0 Å². The summed E-state index contributed by atoms with van der Waals surface area (Å²) in [5.74, 6) is -1.13. The van der Waals surface area contributed by atoms with E-state index < -0.39 is 11.6 Å². The van der Waals surface area contributed by atoms with E-state index in [4.69, 9.17) is 5.11 Å². The van der Waals surface area contributed by atoms with Gasteiger partial charge in [0.15, 0.2) is 0 Å². The van der Waals surface area contributed by atoms with Crippen LogP contribution in [0.4, 0.5) is 5.69 Å². The lowest BCUT2D eigenvalue weighted by Gasteiger charge is -2.33. The summed E-state index contributed by atoms with van der Waals surface area (Å²) in [6, 6.07) is 7.49. The van der Waals surface area contributed by atoms with Gasteiger partial charge >= 0.3 is 5.97 Å². The molecule has 3 rings (SSSR count). The highest BCUT2D eigenvalue weighted by Gasteiger charge is 2.38. The molecule has 124 valence electrons. The van der Waals surface area contributed by atoms with Gasteiger partial charge in [-0.05, 0) is 24.5 Å². The number of amides is 1. The summed E-state index contributed by atoms with van der Waals surface area (Å²) in [5, 5.41) is 19.7. The maximum absolute atomic E-state index is 12.7. The number of aliphatic carboxylic acids is 1. The number of carboxylic acids is 1. The third kappa shape index (κ3) is 3.39. The summed E-state index contributed by atoms with van der Waals surface area (Å²) in [4.78, 5) is 25.5. The first kappa shape index (κ1) is 16.0. The number of carboxylic acid groups (broad SMARTS) is 1. The Morgan fingerprint density at radius 1 is 1.17 bits per heavy atom. The zero-order valence-corrected chi connectivity index (χ0v) is 13.2. The molecule has 0 spiro atoms. The summed E-state index contributed by atoms with van der Waals surface area (Å²) in [5.41, 5.74) is 0.817. The standard InChI is InChI=1S/C18H23NO4/c20-16(11-18(23)8-4-1-5-9-18)19-12-13(10-17(21)22)14-6-2-3-7-15(14)19/h2-3,6-7,13,23H,1,4-5,8-12H2,(H,21,22). The average molecular weight is 317 g/mol. The van der Waals surface area contributed by atoms with Crippen molar-refractivity contribution < 1.29 is 19.8 Å². The van der Waals surface area contributed by atoms with Crippen LogP contribution in [0.3, 0.4) is 0 Å². The van der Waals surface area contributed by atoms with Crippen LogP contribution < -0.4 is 4.90 Å². The lowest BCUT2D eigenvalue weighted by molar-refractivity contribution is -0.137. The number of rotatable bonds is 4. The predicted octanol–water partition coefficient (Wildman–Crippen LogP) is 2.68. The minimum Gasteiger partial charge on any atom is -0.481 e. The normalized spacial score (nSPS) is 22.7. The molecule has 2 N–H and O–H groups in total. The Hall–Kier alpha value is -1.88. The van der Waals surface area contributed by atoms with Crippen LogP contribution in [0.2, 0.25) is 0 Å². The number of aliphatic hydroxyl groups is 1. The SMILES string of the molecule is O=C(O)CC1CN(C(=O)CC2(O)CCCCC2)c2ccccc21. The monoisotopic (exact) mass is 317 g/mol. The Morgan fingerprint density at radius 3 is 2.57 bits per heavy atom. The second-order valence-corrected chi connectivity index (χ2v) is 6.82. The first-order valence-corrected chi connectivity index (χ1v) is 8.32. The molecule has 1 amide bonds. The van der Waals surface area contributed by atoms with Crippen molar-refractivity contribution in [2.24, 2.45) is 0 Å². The number of fused-ring (bicyclic) bond motifs is 1. The molecule has 2 aliphatic rings. The molecule has 5 nitrogen and oxygen atoms in total. The minimum atomic E-state index is -0.894. The first-order valence-electron chi connectivity index (χ1n) is 8.32. The van der Waals surface area contributed by atoms with E-state index >= 15 is 0 Å². The molecule has 1 aliphatic heterocycles. The predicted molar refractivity (Wildman–Crippen MR) is 86.4 cm³/mol.